The standard InChI is InChI=1S/C38H46N4O7/c1-23(43)41-29-16-14-25-20-33(47-3)36(48-4)37(49-5)35(25)27-15-17-30(32(44)21-28(27)29)40-18-10-6-7-13-34(45)42-22-26-12-9-8-11-24(26)19-31(42)38(46)39-2/h8-9,11-12,15,17,20-21,29,31H,6-7,10,13-14,16,18-19,22H2,1-5H3,(H,39,46)(H,40,44)(H,41,43)/t29-,31-/m0/s1. The van der Waals surface area contributed by atoms with Gasteiger partial charge in [0.05, 0.1) is 33.1 Å². The molecule has 3 aromatic rings. The third-order valence-electron chi connectivity index (χ3n) is 9.42. The zero-order chi connectivity index (χ0) is 35.1. The minimum absolute atomic E-state index is 0.0341. The summed E-state index contributed by atoms with van der Waals surface area (Å²) in [6.45, 7) is 2.43. The highest BCUT2D eigenvalue weighted by Crippen LogP contribution is 2.50. The van der Waals surface area contributed by atoms with Crippen LogP contribution in [-0.4, -0.2) is 63.6 Å². The third kappa shape index (κ3) is 7.66. The number of anilines is 1. The molecule has 0 unspecified atom stereocenters. The fourth-order valence-electron chi connectivity index (χ4n) is 6.98. The molecular formula is C38H46N4O7. The molecule has 11 heteroatoms. The number of rotatable bonds is 12. The van der Waals surface area contributed by atoms with Gasteiger partial charge in [-0.05, 0) is 71.7 Å². The molecule has 1 aliphatic carbocycles. The van der Waals surface area contributed by atoms with E-state index < -0.39 is 6.04 Å². The van der Waals surface area contributed by atoms with Gasteiger partial charge in [-0.25, -0.2) is 0 Å². The Bertz CT molecular complexity index is 1780. The van der Waals surface area contributed by atoms with Crippen molar-refractivity contribution in [3.63, 3.8) is 0 Å². The average molecular weight is 671 g/mol. The molecule has 0 bridgehead atoms. The topological polar surface area (TPSA) is 135 Å². The lowest BCUT2D eigenvalue weighted by molar-refractivity contribution is -0.141. The SMILES string of the molecule is CNC(=O)[C@@H]1Cc2ccccc2CN1C(=O)CCCCCNc1ccc2c(cc1=O)[C@@H](NC(C)=O)CCc1cc(OC)c(OC)c(OC)c1-2. The summed E-state index contributed by atoms with van der Waals surface area (Å²) in [5, 5.41) is 9.02. The number of nitrogens with zero attached hydrogens (tertiary/aromatic N) is 1. The Morgan fingerprint density at radius 3 is 2.35 bits per heavy atom. The van der Waals surface area contributed by atoms with E-state index in [0.29, 0.717) is 73.7 Å². The number of hydrogen-bond acceptors (Lipinski definition) is 8. The molecule has 260 valence electrons. The lowest BCUT2D eigenvalue weighted by Crippen LogP contribution is -2.51. The highest BCUT2D eigenvalue weighted by Gasteiger charge is 2.34. The number of likely N-dealkylation sites (N-methyl/N-ethyl adjacent to an activating group) is 1. The van der Waals surface area contributed by atoms with Crippen LogP contribution in [0.5, 0.6) is 17.2 Å². The van der Waals surface area contributed by atoms with Crippen LogP contribution in [0.15, 0.2) is 53.3 Å². The van der Waals surface area contributed by atoms with E-state index in [4.69, 9.17) is 14.2 Å². The molecule has 1 aliphatic heterocycles. The van der Waals surface area contributed by atoms with Crippen molar-refractivity contribution in [2.45, 2.75) is 70.5 Å². The highest BCUT2D eigenvalue weighted by molar-refractivity contribution is 5.88. The van der Waals surface area contributed by atoms with Gasteiger partial charge >= 0.3 is 0 Å². The van der Waals surface area contributed by atoms with E-state index in [-0.39, 0.29) is 29.2 Å². The van der Waals surface area contributed by atoms with Gasteiger partial charge in [0.1, 0.15) is 6.04 Å². The minimum Gasteiger partial charge on any atom is -0.493 e. The van der Waals surface area contributed by atoms with Gasteiger partial charge in [-0.15, -0.1) is 0 Å². The molecule has 11 nitrogen and oxygen atoms in total. The van der Waals surface area contributed by atoms with Gasteiger partial charge in [-0.1, -0.05) is 36.8 Å². The molecule has 0 aromatic heterocycles. The molecule has 0 radical (unpaired) electrons. The molecule has 5 rings (SSSR count). The Morgan fingerprint density at radius 2 is 1.65 bits per heavy atom. The van der Waals surface area contributed by atoms with Gasteiger partial charge < -0.3 is 35.1 Å². The molecule has 3 N–H and O–H groups in total. The van der Waals surface area contributed by atoms with E-state index >= 15 is 0 Å². The number of methoxy groups -OCH3 is 3. The van der Waals surface area contributed by atoms with Crippen molar-refractivity contribution in [1.82, 2.24) is 15.5 Å². The normalized spacial score (nSPS) is 16.2. The second kappa shape index (κ2) is 15.9. The van der Waals surface area contributed by atoms with Crippen LogP contribution in [0.2, 0.25) is 0 Å². The number of benzene rings is 2. The maximum Gasteiger partial charge on any atom is 0.242 e. The first-order chi connectivity index (χ1) is 23.7. The van der Waals surface area contributed by atoms with E-state index in [2.05, 4.69) is 16.0 Å². The summed E-state index contributed by atoms with van der Waals surface area (Å²) >= 11 is 0. The van der Waals surface area contributed by atoms with Crippen LogP contribution in [0.25, 0.3) is 11.1 Å². The quantitative estimate of drug-likeness (QED) is 0.239. The summed E-state index contributed by atoms with van der Waals surface area (Å²) in [7, 11) is 6.30. The van der Waals surface area contributed by atoms with Crippen molar-refractivity contribution in [2.75, 3.05) is 40.2 Å². The number of hydrogen-bond donors (Lipinski definition) is 3. The maximum absolute atomic E-state index is 13.6. The molecule has 0 fully saturated rings. The smallest absolute Gasteiger partial charge is 0.242 e. The lowest BCUT2D eigenvalue weighted by Gasteiger charge is -2.36. The van der Waals surface area contributed by atoms with Gasteiger partial charge in [0.25, 0.3) is 0 Å². The Balaban J connectivity index is 1.29. The van der Waals surface area contributed by atoms with Gasteiger partial charge in [0, 0.05) is 45.5 Å². The van der Waals surface area contributed by atoms with E-state index in [9.17, 15) is 19.2 Å². The number of nitrogens with one attached hydrogen (secondary N) is 3. The molecule has 1 heterocycles. The number of unbranched alkanes of at least 4 members (excludes halogenated alkanes) is 2. The third-order valence-corrected chi connectivity index (χ3v) is 9.42. The molecule has 0 saturated heterocycles. The largest absolute Gasteiger partial charge is 0.493 e. The number of ether oxygens (including phenoxy) is 3. The van der Waals surface area contributed by atoms with Crippen LogP contribution >= 0.6 is 0 Å². The number of amides is 3. The second-order valence-corrected chi connectivity index (χ2v) is 12.5. The van der Waals surface area contributed by atoms with Crippen LogP contribution in [0.1, 0.15) is 67.3 Å². The van der Waals surface area contributed by atoms with Crippen molar-refractivity contribution < 1.29 is 28.6 Å². The van der Waals surface area contributed by atoms with E-state index in [1.54, 1.807) is 45.4 Å². The summed E-state index contributed by atoms with van der Waals surface area (Å²) in [4.78, 5) is 53.4. The molecule has 0 saturated carbocycles. The predicted octanol–water partition coefficient (Wildman–Crippen LogP) is 4.53. The highest BCUT2D eigenvalue weighted by atomic mass is 16.5. The van der Waals surface area contributed by atoms with Crippen LogP contribution in [0, 0.1) is 0 Å². The zero-order valence-electron chi connectivity index (χ0n) is 28.9. The monoisotopic (exact) mass is 670 g/mol. The molecular weight excluding hydrogens is 624 g/mol. The Labute approximate surface area is 287 Å². The van der Waals surface area contributed by atoms with Crippen LogP contribution in [0.4, 0.5) is 5.69 Å². The van der Waals surface area contributed by atoms with Crippen molar-refractivity contribution in [3.05, 3.63) is 81.0 Å². The van der Waals surface area contributed by atoms with Crippen molar-refractivity contribution in [2.24, 2.45) is 0 Å². The van der Waals surface area contributed by atoms with Crippen molar-refractivity contribution in [3.8, 4) is 28.4 Å². The summed E-state index contributed by atoms with van der Waals surface area (Å²) in [6.07, 6.45) is 4.23. The van der Waals surface area contributed by atoms with E-state index in [1.165, 1.54) is 6.92 Å². The van der Waals surface area contributed by atoms with Crippen molar-refractivity contribution in [1.29, 1.82) is 0 Å². The van der Waals surface area contributed by atoms with Crippen LogP contribution < -0.4 is 35.6 Å². The first-order valence-corrected chi connectivity index (χ1v) is 16.8. The van der Waals surface area contributed by atoms with Gasteiger partial charge in [0.15, 0.2) is 11.5 Å². The second-order valence-electron chi connectivity index (χ2n) is 12.5. The first kappa shape index (κ1) is 35.3. The van der Waals surface area contributed by atoms with Gasteiger partial charge in [-0.3, -0.25) is 19.2 Å². The van der Waals surface area contributed by atoms with Gasteiger partial charge in [-0.2, -0.15) is 0 Å². The van der Waals surface area contributed by atoms with Crippen molar-refractivity contribution >= 4 is 23.4 Å². The molecule has 2 aliphatic rings. The summed E-state index contributed by atoms with van der Waals surface area (Å²) in [6, 6.07) is 14.2. The molecule has 3 aromatic carbocycles. The number of carbonyl (C=O) groups excluding carboxylic acids is 3. The number of aryl methyl sites for hydroxylation is 1. The molecule has 2 atom stereocenters. The molecule has 3 amide bonds. The maximum atomic E-state index is 13.6. The molecule has 49 heavy (non-hydrogen) atoms. The number of fused-ring (bicyclic) bond motifs is 4. The zero-order valence-corrected chi connectivity index (χ0v) is 28.9. The lowest BCUT2D eigenvalue weighted by atomic mass is 9.93. The Morgan fingerprint density at radius 1 is 0.898 bits per heavy atom. The van der Waals surface area contributed by atoms with Crippen LogP contribution in [-0.2, 0) is 33.8 Å². The van der Waals surface area contributed by atoms with E-state index in [0.717, 1.165) is 40.7 Å². The minimum atomic E-state index is -0.515. The summed E-state index contributed by atoms with van der Waals surface area (Å²) in [5.41, 5.74) is 5.64. The number of carbonyl (C=O) groups is 3. The fourth-order valence-corrected chi connectivity index (χ4v) is 6.98. The fraction of sp³-hybridized carbons (Fsp3) is 0.421. The van der Waals surface area contributed by atoms with Crippen LogP contribution in [0.3, 0.4) is 0 Å². The first-order valence-electron chi connectivity index (χ1n) is 16.8. The average Bonchev–Trinajstić information content (AvgIpc) is 3.35. The summed E-state index contributed by atoms with van der Waals surface area (Å²) < 4.78 is 17.1. The predicted molar refractivity (Wildman–Crippen MR) is 188 cm³/mol. The van der Waals surface area contributed by atoms with E-state index in [1.807, 2.05) is 36.4 Å². The Kier molecular flexibility index (Phi) is 11.4. The summed E-state index contributed by atoms with van der Waals surface area (Å²) in [5.74, 6) is 1.12. The molecule has 0 spiro atoms. The Hall–Kier alpha value is -5.06. The van der Waals surface area contributed by atoms with Gasteiger partial charge in [0.2, 0.25) is 28.9 Å².